The maximum atomic E-state index is 5.63. The van der Waals surface area contributed by atoms with Gasteiger partial charge in [0.15, 0.2) is 0 Å². The van der Waals surface area contributed by atoms with Crippen LogP contribution in [-0.2, 0) is 0 Å². The van der Waals surface area contributed by atoms with Crippen LogP contribution in [0.5, 0.6) is 5.75 Å². The van der Waals surface area contributed by atoms with Gasteiger partial charge in [0.2, 0.25) is 0 Å². The molecule has 4 heteroatoms. The van der Waals surface area contributed by atoms with Crippen molar-refractivity contribution in [1.82, 2.24) is 4.98 Å². The third kappa shape index (κ3) is 3.61. The Bertz CT molecular complexity index is 556. The summed E-state index contributed by atoms with van der Waals surface area (Å²) in [6, 6.07) is 8.05. The number of aromatic nitrogens is 1. The molecule has 0 saturated carbocycles. The van der Waals surface area contributed by atoms with Crippen LogP contribution in [0.4, 0.5) is 5.82 Å². The normalized spacial score (nSPS) is 12.3. The van der Waals surface area contributed by atoms with E-state index in [1.807, 2.05) is 24.4 Å². The minimum Gasteiger partial charge on any atom is -0.497 e. The maximum absolute atomic E-state index is 5.63. The zero-order valence-corrected chi connectivity index (χ0v) is 12.2. The van der Waals surface area contributed by atoms with E-state index in [9.17, 15) is 0 Å². The Morgan fingerprint density at radius 3 is 2.95 bits per heavy atom. The minimum atomic E-state index is 0.581. The van der Waals surface area contributed by atoms with E-state index in [2.05, 4.69) is 23.3 Å². The van der Waals surface area contributed by atoms with Crippen LogP contribution >= 0.6 is 0 Å². The standard InChI is InChI=1S/C16H23N3O/c1-12(11-17)4-3-8-18-16-15-10-14(20-2)6-5-13(15)7-9-19-16/h5-7,9-10,12H,3-4,8,11,17H2,1-2H3,(H,18,19). The summed E-state index contributed by atoms with van der Waals surface area (Å²) in [7, 11) is 1.68. The number of nitrogens with one attached hydrogen (secondary N) is 1. The molecule has 4 nitrogen and oxygen atoms in total. The Kier molecular flexibility index (Phi) is 5.18. The van der Waals surface area contributed by atoms with E-state index in [0.29, 0.717) is 5.92 Å². The van der Waals surface area contributed by atoms with Crippen molar-refractivity contribution in [2.75, 3.05) is 25.5 Å². The molecule has 108 valence electrons. The summed E-state index contributed by atoms with van der Waals surface area (Å²) in [5, 5.41) is 5.67. The van der Waals surface area contributed by atoms with Crippen molar-refractivity contribution in [1.29, 1.82) is 0 Å². The molecule has 0 aliphatic heterocycles. The maximum Gasteiger partial charge on any atom is 0.133 e. The quantitative estimate of drug-likeness (QED) is 0.761. The van der Waals surface area contributed by atoms with E-state index in [-0.39, 0.29) is 0 Å². The molecule has 0 aliphatic rings. The van der Waals surface area contributed by atoms with Crippen molar-refractivity contribution in [2.45, 2.75) is 19.8 Å². The van der Waals surface area contributed by atoms with Gasteiger partial charge < -0.3 is 15.8 Å². The van der Waals surface area contributed by atoms with Crippen LogP contribution in [0.3, 0.4) is 0 Å². The number of nitrogens with two attached hydrogens (primary N) is 1. The molecular weight excluding hydrogens is 250 g/mol. The smallest absolute Gasteiger partial charge is 0.133 e. The lowest BCUT2D eigenvalue weighted by Crippen LogP contribution is -2.12. The van der Waals surface area contributed by atoms with Gasteiger partial charge in [-0.15, -0.1) is 0 Å². The molecule has 1 atom stereocenters. The van der Waals surface area contributed by atoms with Crippen LogP contribution in [0.15, 0.2) is 30.5 Å². The highest BCUT2D eigenvalue weighted by molar-refractivity contribution is 5.92. The number of anilines is 1. The molecule has 0 bridgehead atoms. The lowest BCUT2D eigenvalue weighted by Gasteiger charge is -2.11. The summed E-state index contributed by atoms with van der Waals surface area (Å²) in [5.41, 5.74) is 5.63. The summed E-state index contributed by atoms with van der Waals surface area (Å²) < 4.78 is 5.28. The van der Waals surface area contributed by atoms with Gasteiger partial charge in [-0.25, -0.2) is 4.98 Å². The zero-order valence-electron chi connectivity index (χ0n) is 12.2. The molecular formula is C16H23N3O. The van der Waals surface area contributed by atoms with Gasteiger partial charge in [0.1, 0.15) is 11.6 Å². The van der Waals surface area contributed by atoms with Gasteiger partial charge in [-0.05, 0) is 48.9 Å². The number of benzene rings is 1. The summed E-state index contributed by atoms with van der Waals surface area (Å²) >= 11 is 0. The highest BCUT2D eigenvalue weighted by Gasteiger charge is 2.04. The number of hydrogen-bond acceptors (Lipinski definition) is 4. The summed E-state index contributed by atoms with van der Waals surface area (Å²) in [5.74, 6) is 2.35. The van der Waals surface area contributed by atoms with E-state index in [0.717, 1.165) is 42.9 Å². The van der Waals surface area contributed by atoms with Gasteiger partial charge >= 0.3 is 0 Å². The summed E-state index contributed by atoms with van der Waals surface area (Å²) in [6.07, 6.45) is 4.07. The molecule has 3 N–H and O–H groups in total. The highest BCUT2D eigenvalue weighted by Crippen LogP contribution is 2.25. The van der Waals surface area contributed by atoms with Gasteiger partial charge in [0.05, 0.1) is 7.11 Å². The molecule has 1 aromatic carbocycles. The van der Waals surface area contributed by atoms with E-state index < -0.39 is 0 Å². The average molecular weight is 273 g/mol. The third-order valence-corrected chi connectivity index (χ3v) is 3.54. The van der Waals surface area contributed by atoms with Gasteiger partial charge in [0, 0.05) is 18.1 Å². The minimum absolute atomic E-state index is 0.581. The highest BCUT2D eigenvalue weighted by atomic mass is 16.5. The van der Waals surface area contributed by atoms with Gasteiger partial charge in [-0.2, -0.15) is 0 Å². The first-order valence-electron chi connectivity index (χ1n) is 7.11. The zero-order chi connectivity index (χ0) is 14.4. The second kappa shape index (κ2) is 7.10. The summed E-state index contributed by atoms with van der Waals surface area (Å²) in [4.78, 5) is 4.43. The van der Waals surface area contributed by atoms with Crippen LogP contribution < -0.4 is 15.8 Å². The molecule has 20 heavy (non-hydrogen) atoms. The predicted octanol–water partition coefficient (Wildman–Crippen LogP) is 3.03. The number of fused-ring (bicyclic) bond motifs is 1. The molecule has 0 spiro atoms. The molecule has 2 rings (SSSR count). The number of nitrogens with zero attached hydrogens (tertiary/aromatic N) is 1. The first kappa shape index (κ1) is 14.6. The van der Waals surface area contributed by atoms with Crippen LogP contribution in [0.25, 0.3) is 10.8 Å². The number of methoxy groups -OCH3 is 1. The van der Waals surface area contributed by atoms with Crippen molar-refractivity contribution in [3.05, 3.63) is 30.5 Å². The van der Waals surface area contributed by atoms with Crippen molar-refractivity contribution in [3.63, 3.8) is 0 Å². The number of pyridine rings is 1. The molecule has 1 unspecified atom stereocenters. The van der Waals surface area contributed by atoms with Crippen LogP contribution in [0.1, 0.15) is 19.8 Å². The topological polar surface area (TPSA) is 60.2 Å². The van der Waals surface area contributed by atoms with Gasteiger partial charge in [-0.1, -0.05) is 13.0 Å². The van der Waals surface area contributed by atoms with Crippen LogP contribution in [-0.4, -0.2) is 25.2 Å². The Labute approximate surface area is 120 Å². The third-order valence-electron chi connectivity index (χ3n) is 3.54. The first-order valence-corrected chi connectivity index (χ1v) is 7.11. The number of hydrogen-bond donors (Lipinski definition) is 2. The predicted molar refractivity (Wildman–Crippen MR) is 84.2 cm³/mol. The van der Waals surface area contributed by atoms with E-state index >= 15 is 0 Å². The fourth-order valence-electron chi connectivity index (χ4n) is 2.19. The molecule has 0 saturated heterocycles. The lowest BCUT2D eigenvalue weighted by atomic mass is 10.1. The fourth-order valence-corrected chi connectivity index (χ4v) is 2.19. The lowest BCUT2D eigenvalue weighted by molar-refractivity contribution is 0.415. The fraction of sp³-hybridized carbons (Fsp3) is 0.438. The molecule has 2 aromatic rings. The largest absolute Gasteiger partial charge is 0.497 e. The molecule has 0 radical (unpaired) electrons. The SMILES string of the molecule is COc1ccc2ccnc(NCCCC(C)CN)c2c1. The second-order valence-corrected chi connectivity index (χ2v) is 5.16. The molecule has 0 aliphatic carbocycles. The second-order valence-electron chi connectivity index (χ2n) is 5.16. The van der Waals surface area contributed by atoms with E-state index in [1.165, 1.54) is 5.39 Å². The average Bonchev–Trinajstić information content (AvgIpc) is 2.50. The Hall–Kier alpha value is -1.81. The van der Waals surface area contributed by atoms with Crippen LogP contribution in [0.2, 0.25) is 0 Å². The Morgan fingerprint density at radius 2 is 2.20 bits per heavy atom. The number of rotatable bonds is 7. The van der Waals surface area contributed by atoms with Crippen molar-refractivity contribution < 1.29 is 4.74 Å². The Balaban J connectivity index is 2.05. The van der Waals surface area contributed by atoms with Crippen molar-refractivity contribution in [3.8, 4) is 5.75 Å². The Morgan fingerprint density at radius 1 is 1.35 bits per heavy atom. The number of ether oxygens (including phenoxy) is 1. The van der Waals surface area contributed by atoms with Crippen molar-refractivity contribution in [2.24, 2.45) is 11.7 Å². The van der Waals surface area contributed by atoms with Crippen molar-refractivity contribution >= 4 is 16.6 Å². The monoisotopic (exact) mass is 273 g/mol. The molecule has 0 amide bonds. The first-order chi connectivity index (χ1) is 9.74. The molecule has 1 aromatic heterocycles. The summed E-state index contributed by atoms with van der Waals surface area (Å²) in [6.45, 7) is 3.85. The van der Waals surface area contributed by atoms with E-state index in [1.54, 1.807) is 7.11 Å². The molecule has 0 fully saturated rings. The van der Waals surface area contributed by atoms with Crippen LogP contribution in [0, 0.1) is 5.92 Å². The molecule has 1 heterocycles. The van der Waals surface area contributed by atoms with Gasteiger partial charge in [-0.3, -0.25) is 0 Å². The van der Waals surface area contributed by atoms with Gasteiger partial charge in [0.25, 0.3) is 0 Å². The van der Waals surface area contributed by atoms with E-state index in [4.69, 9.17) is 10.5 Å².